The molecule has 20 heavy (non-hydrogen) atoms. The van der Waals surface area contributed by atoms with Crippen LogP contribution in [0, 0.1) is 0 Å². The number of alkyl halides is 2. The number of halogens is 3. The van der Waals surface area contributed by atoms with Crippen LogP contribution in [-0.2, 0) is 10.2 Å². The Hall–Kier alpha value is -0.720. The summed E-state index contributed by atoms with van der Waals surface area (Å²) in [6, 6.07) is 3.19. The predicted molar refractivity (Wildman–Crippen MR) is 79.0 cm³/mol. The summed E-state index contributed by atoms with van der Waals surface area (Å²) in [5, 5.41) is 7.31. The largest absolute Gasteiger partial charge is 0.354 e. The standard InChI is InChI=1S/C13H18F2N2OS.ClH/c1-12(2,10-4-3-5-19-10)7-17-11(18)9-6-13(14,15)8-16-9;/h3-5,9,16H,6-8H2,1-2H3,(H,17,18);1H. The summed E-state index contributed by atoms with van der Waals surface area (Å²) in [5.74, 6) is -3.12. The van der Waals surface area contributed by atoms with Gasteiger partial charge < -0.3 is 5.32 Å². The minimum atomic E-state index is -2.77. The van der Waals surface area contributed by atoms with E-state index < -0.39 is 24.9 Å². The molecule has 1 fully saturated rings. The van der Waals surface area contributed by atoms with Crippen molar-refractivity contribution in [2.75, 3.05) is 13.1 Å². The number of amides is 1. The molecule has 2 N–H and O–H groups in total. The lowest BCUT2D eigenvalue weighted by molar-refractivity contribution is -0.123. The van der Waals surface area contributed by atoms with Crippen LogP contribution in [0.2, 0.25) is 0 Å². The zero-order chi connectivity index (χ0) is 14.1. The Labute approximate surface area is 127 Å². The lowest BCUT2D eigenvalue weighted by atomic mass is 9.91. The molecule has 0 radical (unpaired) electrons. The first-order valence-corrected chi connectivity index (χ1v) is 7.11. The molecule has 1 unspecified atom stereocenters. The van der Waals surface area contributed by atoms with Crippen LogP contribution in [0.25, 0.3) is 0 Å². The SMILES string of the molecule is CC(C)(CNC(=O)C1CC(F)(F)CN1)c1cccs1.Cl. The van der Waals surface area contributed by atoms with Crippen LogP contribution in [0.15, 0.2) is 17.5 Å². The van der Waals surface area contributed by atoms with Crippen LogP contribution in [0.3, 0.4) is 0 Å². The van der Waals surface area contributed by atoms with Crippen molar-refractivity contribution in [2.45, 2.75) is 37.6 Å². The van der Waals surface area contributed by atoms with Crippen molar-refractivity contribution in [3.05, 3.63) is 22.4 Å². The van der Waals surface area contributed by atoms with Gasteiger partial charge in [0, 0.05) is 23.3 Å². The van der Waals surface area contributed by atoms with Gasteiger partial charge in [-0.15, -0.1) is 23.7 Å². The van der Waals surface area contributed by atoms with E-state index >= 15 is 0 Å². The Morgan fingerprint density at radius 1 is 1.60 bits per heavy atom. The third-order valence-corrected chi connectivity index (χ3v) is 4.55. The van der Waals surface area contributed by atoms with E-state index in [4.69, 9.17) is 0 Å². The smallest absolute Gasteiger partial charge is 0.262 e. The Morgan fingerprint density at radius 3 is 2.80 bits per heavy atom. The first-order valence-electron chi connectivity index (χ1n) is 6.23. The molecule has 2 rings (SSSR count). The number of carbonyl (C=O) groups is 1. The van der Waals surface area contributed by atoms with Gasteiger partial charge in [0.2, 0.25) is 5.91 Å². The van der Waals surface area contributed by atoms with Crippen LogP contribution in [0.4, 0.5) is 8.78 Å². The molecule has 1 aliphatic heterocycles. The molecular formula is C13H19ClF2N2OS. The number of hydrogen-bond donors (Lipinski definition) is 2. The monoisotopic (exact) mass is 324 g/mol. The Bertz CT molecular complexity index is 451. The zero-order valence-electron chi connectivity index (χ0n) is 11.4. The number of thiophene rings is 1. The highest BCUT2D eigenvalue weighted by Gasteiger charge is 2.42. The van der Waals surface area contributed by atoms with E-state index in [0.29, 0.717) is 6.54 Å². The molecule has 0 aromatic carbocycles. The van der Waals surface area contributed by atoms with E-state index in [9.17, 15) is 13.6 Å². The third kappa shape index (κ3) is 4.14. The maximum Gasteiger partial charge on any atom is 0.262 e. The minimum Gasteiger partial charge on any atom is -0.354 e. The van der Waals surface area contributed by atoms with Crippen molar-refractivity contribution in [2.24, 2.45) is 0 Å². The summed E-state index contributed by atoms with van der Waals surface area (Å²) in [7, 11) is 0. The van der Waals surface area contributed by atoms with Crippen LogP contribution in [0.1, 0.15) is 25.1 Å². The maximum absolute atomic E-state index is 13.0. The highest BCUT2D eigenvalue weighted by Crippen LogP contribution is 2.27. The molecule has 7 heteroatoms. The lowest BCUT2D eigenvalue weighted by Gasteiger charge is -2.24. The van der Waals surface area contributed by atoms with Crippen LogP contribution in [-0.4, -0.2) is 31.0 Å². The summed E-state index contributed by atoms with van der Waals surface area (Å²) in [6.07, 6.45) is -0.418. The van der Waals surface area contributed by atoms with Gasteiger partial charge in [0.25, 0.3) is 5.92 Å². The van der Waals surface area contributed by atoms with Crippen molar-refractivity contribution in [3.63, 3.8) is 0 Å². The topological polar surface area (TPSA) is 41.1 Å². The molecular weight excluding hydrogens is 306 g/mol. The molecule has 0 saturated carbocycles. The number of hydrogen-bond acceptors (Lipinski definition) is 3. The molecule has 1 aromatic heterocycles. The summed E-state index contributed by atoms with van der Waals surface area (Å²) in [6.45, 7) is 4.07. The zero-order valence-corrected chi connectivity index (χ0v) is 13.0. The average Bonchev–Trinajstić information content (AvgIpc) is 2.95. The van der Waals surface area contributed by atoms with Gasteiger partial charge in [-0.1, -0.05) is 19.9 Å². The van der Waals surface area contributed by atoms with Gasteiger partial charge in [-0.3, -0.25) is 10.1 Å². The van der Waals surface area contributed by atoms with Crippen molar-refractivity contribution in [1.82, 2.24) is 10.6 Å². The lowest BCUT2D eigenvalue weighted by Crippen LogP contribution is -2.44. The van der Waals surface area contributed by atoms with E-state index in [1.165, 1.54) is 0 Å². The molecule has 3 nitrogen and oxygen atoms in total. The molecule has 1 aromatic rings. The first-order chi connectivity index (χ1) is 8.80. The second kappa shape index (κ2) is 6.37. The Kier molecular flexibility index (Phi) is 5.52. The summed E-state index contributed by atoms with van der Waals surface area (Å²) < 4.78 is 26.0. The number of rotatable bonds is 4. The van der Waals surface area contributed by atoms with E-state index in [0.717, 1.165) is 4.88 Å². The van der Waals surface area contributed by atoms with Crippen LogP contribution < -0.4 is 10.6 Å². The molecule has 1 saturated heterocycles. The molecule has 0 spiro atoms. The summed E-state index contributed by atoms with van der Waals surface area (Å²) >= 11 is 1.63. The van der Waals surface area contributed by atoms with Gasteiger partial charge in [0.1, 0.15) is 0 Å². The van der Waals surface area contributed by atoms with E-state index in [1.54, 1.807) is 11.3 Å². The van der Waals surface area contributed by atoms with Gasteiger partial charge in [0.15, 0.2) is 0 Å². The van der Waals surface area contributed by atoms with E-state index in [1.807, 2.05) is 31.4 Å². The predicted octanol–water partition coefficient (Wildman–Crippen LogP) is 2.56. The maximum atomic E-state index is 13.0. The Morgan fingerprint density at radius 2 is 2.30 bits per heavy atom. The summed E-state index contributed by atoms with van der Waals surface area (Å²) in [5.41, 5.74) is -0.190. The van der Waals surface area contributed by atoms with E-state index in [2.05, 4.69) is 10.6 Å². The number of carbonyl (C=O) groups excluding carboxylic acids is 1. The Balaban J connectivity index is 0.00000200. The minimum absolute atomic E-state index is 0. The highest BCUT2D eigenvalue weighted by molar-refractivity contribution is 7.10. The van der Waals surface area contributed by atoms with Crippen molar-refractivity contribution < 1.29 is 13.6 Å². The molecule has 1 aliphatic rings. The molecule has 1 atom stereocenters. The quantitative estimate of drug-likeness (QED) is 0.893. The molecule has 0 bridgehead atoms. The van der Waals surface area contributed by atoms with Crippen molar-refractivity contribution in [1.29, 1.82) is 0 Å². The average molecular weight is 325 g/mol. The van der Waals surface area contributed by atoms with Crippen LogP contribution >= 0.6 is 23.7 Å². The van der Waals surface area contributed by atoms with Gasteiger partial charge >= 0.3 is 0 Å². The molecule has 114 valence electrons. The van der Waals surface area contributed by atoms with Crippen molar-refractivity contribution >= 4 is 29.7 Å². The second-order valence-electron chi connectivity index (χ2n) is 5.57. The molecule has 2 heterocycles. The number of nitrogens with one attached hydrogen (secondary N) is 2. The third-order valence-electron chi connectivity index (χ3n) is 3.32. The molecule has 1 amide bonds. The van der Waals surface area contributed by atoms with Crippen molar-refractivity contribution in [3.8, 4) is 0 Å². The van der Waals surface area contributed by atoms with Gasteiger partial charge in [-0.05, 0) is 11.4 Å². The second-order valence-corrected chi connectivity index (χ2v) is 6.52. The van der Waals surface area contributed by atoms with Gasteiger partial charge in [0.05, 0.1) is 12.6 Å². The van der Waals surface area contributed by atoms with Gasteiger partial charge in [-0.2, -0.15) is 0 Å². The first kappa shape index (κ1) is 17.3. The van der Waals surface area contributed by atoms with E-state index in [-0.39, 0.29) is 23.7 Å². The normalized spacial score (nSPS) is 21.3. The van der Waals surface area contributed by atoms with Gasteiger partial charge in [-0.25, -0.2) is 8.78 Å². The molecule has 0 aliphatic carbocycles. The highest BCUT2D eigenvalue weighted by atomic mass is 35.5. The fourth-order valence-electron chi connectivity index (χ4n) is 2.08. The summed E-state index contributed by atoms with van der Waals surface area (Å²) in [4.78, 5) is 13.0. The fraction of sp³-hybridized carbons (Fsp3) is 0.615. The van der Waals surface area contributed by atoms with Crippen LogP contribution in [0.5, 0.6) is 0 Å². The fourth-order valence-corrected chi connectivity index (χ4v) is 2.94.